The zero-order chi connectivity index (χ0) is 15.6. The van der Waals surface area contributed by atoms with E-state index in [0.29, 0.717) is 12.0 Å². The third-order valence-corrected chi connectivity index (χ3v) is 4.26. The Labute approximate surface area is 118 Å². The SMILES string of the molecule is CCCCc1cn(C(C)(C)C(F)(F)F)sc1=NC(=O)O. The van der Waals surface area contributed by atoms with Crippen LogP contribution in [0.4, 0.5) is 18.0 Å². The summed E-state index contributed by atoms with van der Waals surface area (Å²) in [6, 6.07) is 0. The summed E-state index contributed by atoms with van der Waals surface area (Å²) in [6.07, 6.45) is -2.32. The molecule has 0 unspecified atom stereocenters. The van der Waals surface area contributed by atoms with Gasteiger partial charge in [-0.1, -0.05) is 13.3 Å². The van der Waals surface area contributed by atoms with Crippen LogP contribution in [0.1, 0.15) is 39.2 Å². The van der Waals surface area contributed by atoms with Gasteiger partial charge in [0.1, 0.15) is 10.2 Å². The first-order valence-electron chi connectivity index (χ1n) is 6.16. The van der Waals surface area contributed by atoms with E-state index in [1.54, 1.807) is 0 Å². The van der Waals surface area contributed by atoms with Crippen LogP contribution in [0.3, 0.4) is 0 Å². The number of alkyl halides is 3. The molecule has 1 aromatic rings. The van der Waals surface area contributed by atoms with Gasteiger partial charge in [0.05, 0.1) is 0 Å². The van der Waals surface area contributed by atoms with E-state index in [0.717, 1.165) is 42.2 Å². The van der Waals surface area contributed by atoms with E-state index >= 15 is 0 Å². The van der Waals surface area contributed by atoms with Gasteiger partial charge in [0.2, 0.25) is 0 Å². The molecule has 0 radical (unpaired) electrons. The van der Waals surface area contributed by atoms with Gasteiger partial charge in [0.15, 0.2) is 0 Å². The van der Waals surface area contributed by atoms with Crippen LogP contribution < -0.4 is 4.67 Å². The molecule has 0 aromatic carbocycles. The van der Waals surface area contributed by atoms with Crippen molar-refractivity contribution in [2.75, 3.05) is 0 Å². The van der Waals surface area contributed by atoms with Crippen molar-refractivity contribution in [3.05, 3.63) is 16.4 Å². The molecule has 0 aliphatic carbocycles. The van der Waals surface area contributed by atoms with Crippen molar-refractivity contribution in [1.29, 1.82) is 0 Å². The lowest BCUT2D eigenvalue weighted by molar-refractivity contribution is -0.199. The summed E-state index contributed by atoms with van der Waals surface area (Å²) in [5.74, 6) is 0. The largest absolute Gasteiger partial charge is 0.463 e. The highest BCUT2D eigenvalue weighted by molar-refractivity contribution is 7.04. The van der Waals surface area contributed by atoms with Gasteiger partial charge in [-0.2, -0.15) is 18.2 Å². The molecule has 4 nitrogen and oxygen atoms in total. The average Bonchev–Trinajstić information content (AvgIpc) is 2.67. The summed E-state index contributed by atoms with van der Waals surface area (Å²) < 4.78 is 40.2. The maximum Gasteiger partial charge on any atom is 0.432 e. The van der Waals surface area contributed by atoms with Crippen molar-refractivity contribution in [2.45, 2.75) is 51.7 Å². The van der Waals surface area contributed by atoms with E-state index in [-0.39, 0.29) is 4.67 Å². The molecule has 1 rings (SSSR count). The lowest BCUT2D eigenvalue weighted by atomic mass is 10.1. The van der Waals surface area contributed by atoms with Gasteiger partial charge in [-0.25, -0.2) is 4.79 Å². The first-order chi connectivity index (χ1) is 9.09. The molecule has 1 heterocycles. The zero-order valence-electron chi connectivity index (χ0n) is 11.5. The van der Waals surface area contributed by atoms with E-state index < -0.39 is 17.8 Å². The monoisotopic (exact) mass is 310 g/mol. The predicted molar refractivity (Wildman–Crippen MR) is 69.9 cm³/mol. The van der Waals surface area contributed by atoms with Crippen molar-refractivity contribution in [1.82, 2.24) is 3.96 Å². The van der Waals surface area contributed by atoms with Crippen LogP contribution in [0.25, 0.3) is 0 Å². The van der Waals surface area contributed by atoms with Gasteiger partial charge < -0.3 is 5.11 Å². The number of nitrogens with zero attached hydrogens (tertiary/aromatic N) is 2. The number of halogens is 3. The predicted octanol–water partition coefficient (Wildman–Crippen LogP) is 3.77. The number of carboxylic acid groups (broad SMARTS) is 1. The molecule has 0 aliphatic heterocycles. The average molecular weight is 310 g/mol. The molecule has 0 atom stereocenters. The zero-order valence-corrected chi connectivity index (χ0v) is 12.3. The summed E-state index contributed by atoms with van der Waals surface area (Å²) in [6.45, 7) is 4.06. The second-order valence-electron chi connectivity index (χ2n) is 4.93. The van der Waals surface area contributed by atoms with E-state index in [4.69, 9.17) is 5.11 Å². The Hall–Kier alpha value is -1.31. The van der Waals surface area contributed by atoms with E-state index in [2.05, 4.69) is 4.99 Å². The lowest BCUT2D eigenvalue weighted by Crippen LogP contribution is -2.40. The van der Waals surface area contributed by atoms with E-state index in [9.17, 15) is 18.0 Å². The number of aryl methyl sites for hydroxylation is 1. The standard InChI is InChI=1S/C12H17F3N2O2S/c1-4-5-6-8-7-17(11(2,3)12(13,14)15)20-9(8)16-10(18)19/h7H,4-6H2,1-3H3,(H,18,19). The molecule has 0 bridgehead atoms. The summed E-state index contributed by atoms with van der Waals surface area (Å²) in [4.78, 5) is 14.0. The second kappa shape index (κ2) is 5.99. The first kappa shape index (κ1) is 16.7. The summed E-state index contributed by atoms with van der Waals surface area (Å²) >= 11 is 0.721. The van der Waals surface area contributed by atoms with Gasteiger partial charge in [-0.05, 0) is 38.2 Å². The minimum absolute atomic E-state index is 0.128. The third-order valence-electron chi connectivity index (χ3n) is 2.97. The number of aromatic nitrogens is 1. The molecule has 8 heteroatoms. The highest BCUT2D eigenvalue weighted by Gasteiger charge is 2.49. The number of rotatable bonds is 4. The Morgan fingerprint density at radius 2 is 2.05 bits per heavy atom. The van der Waals surface area contributed by atoms with Gasteiger partial charge in [0.25, 0.3) is 0 Å². The van der Waals surface area contributed by atoms with Crippen molar-refractivity contribution in [3.8, 4) is 0 Å². The van der Waals surface area contributed by atoms with Crippen LogP contribution >= 0.6 is 11.5 Å². The number of amides is 1. The maximum absolute atomic E-state index is 13.0. The third kappa shape index (κ3) is 3.62. The van der Waals surface area contributed by atoms with Crippen LogP contribution in [-0.4, -0.2) is 21.3 Å². The summed E-state index contributed by atoms with van der Waals surface area (Å²) in [5.41, 5.74) is -1.55. The van der Waals surface area contributed by atoms with Crippen molar-refractivity contribution < 1.29 is 23.1 Å². The number of hydrogen-bond donors (Lipinski definition) is 1. The fraction of sp³-hybridized carbons (Fsp3) is 0.667. The number of carbonyl (C=O) groups is 1. The lowest BCUT2D eigenvalue weighted by Gasteiger charge is -2.28. The Morgan fingerprint density at radius 1 is 1.45 bits per heavy atom. The van der Waals surface area contributed by atoms with Crippen LogP contribution in [0.5, 0.6) is 0 Å². The van der Waals surface area contributed by atoms with E-state index in [1.807, 2.05) is 6.92 Å². The molecule has 114 valence electrons. The fourth-order valence-electron chi connectivity index (χ4n) is 1.49. The normalized spacial score (nSPS) is 13.8. The molecule has 0 spiro atoms. The summed E-state index contributed by atoms with van der Waals surface area (Å²) in [7, 11) is 0. The van der Waals surface area contributed by atoms with Gasteiger partial charge in [-0.3, -0.25) is 3.96 Å². The summed E-state index contributed by atoms with van der Waals surface area (Å²) in [5, 5.41) is 8.70. The minimum Gasteiger partial charge on any atom is -0.463 e. The first-order valence-corrected chi connectivity index (χ1v) is 6.93. The number of unbranched alkanes of at least 4 members (excludes halogenated alkanes) is 1. The molecular weight excluding hydrogens is 293 g/mol. The Balaban J connectivity index is 3.31. The molecule has 0 saturated heterocycles. The number of hydrogen-bond acceptors (Lipinski definition) is 2. The second-order valence-corrected chi connectivity index (χ2v) is 5.89. The molecular formula is C12H17F3N2O2S. The molecule has 0 aliphatic rings. The van der Waals surface area contributed by atoms with Gasteiger partial charge in [0, 0.05) is 11.8 Å². The van der Waals surface area contributed by atoms with Crippen molar-refractivity contribution >= 4 is 17.6 Å². The van der Waals surface area contributed by atoms with E-state index in [1.165, 1.54) is 6.20 Å². The maximum atomic E-state index is 13.0. The van der Waals surface area contributed by atoms with Gasteiger partial charge >= 0.3 is 12.3 Å². The molecule has 1 N–H and O–H groups in total. The molecule has 1 aromatic heterocycles. The molecule has 0 fully saturated rings. The van der Waals surface area contributed by atoms with Crippen LogP contribution in [0.2, 0.25) is 0 Å². The quantitative estimate of drug-likeness (QED) is 0.920. The van der Waals surface area contributed by atoms with Crippen molar-refractivity contribution in [3.63, 3.8) is 0 Å². The van der Waals surface area contributed by atoms with Gasteiger partial charge in [-0.15, -0.1) is 0 Å². The molecule has 0 saturated carbocycles. The fourth-order valence-corrected chi connectivity index (χ4v) is 2.58. The Bertz CT molecular complexity index is 544. The van der Waals surface area contributed by atoms with Crippen LogP contribution in [-0.2, 0) is 12.0 Å². The molecule has 20 heavy (non-hydrogen) atoms. The minimum atomic E-state index is -4.43. The Kier molecular flexibility index (Phi) is 5.01. The van der Waals surface area contributed by atoms with Crippen LogP contribution in [0.15, 0.2) is 11.2 Å². The highest BCUT2D eigenvalue weighted by atomic mass is 32.1. The van der Waals surface area contributed by atoms with Crippen molar-refractivity contribution in [2.24, 2.45) is 4.99 Å². The topological polar surface area (TPSA) is 54.6 Å². The smallest absolute Gasteiger partial charge is 0.432 e. The molecule has 1 amide bonds. The Morgan fingerprint density at radius 3 is 2.50 bits per heavy atom. The van der Waals surface area contributed by atoms with Crippen LogP contribution in [0, 0.1) is 0 Å². The highest BCUT2D eigenvalue weighted by Crippen LogP contribution is 2.37.